The molecular formula is C19H38Cl2N4O. The van der Waals surface area contributed by atoms with Crippen molar-refractivity contribution in [3.05, 3.63) is 0 Å². The van der Waals surface area contributed by atoms with Gasteiger partial charge in [0.15, 0.2) is 0 Å². The first-order chi connectivity index (χ1) is 11.5. The zero-order valence-corrected chi connectivity index (χ0v) is 18.3. The predicted octanol–water partition coefficient (Wildman–Crippen LogP) is 2.24. The van der Waals surface area contributed by atoms with Gasteiger partial charge in [-0.1, -0.05) is 0 Å². The van der Waals surface area contributed by atoms with E-state index < -0.39 is 0 Å². The van der Waals surface area contributed by atoms with Crippen LogP contribution in [0.1, 0.15) is 46.5 Å². The first-order valence-corrected chi connectivity index (χ1v) is 10.0. The predicted molar refractivity (Wildman–Crippen MR) is 113 cm³/mol. The van der Waals surface area contributed by atoms with Crippen LogP contribution in [0.25, 0.3) is 0 Å². The number of hydrogen-bond donors (Lipinski definition) is 1. The number of piperazine rings is 1. The molecule has 3 aliphatic rings. The molecule has 2 unspecified atom stereocenters. The van der Waals surface area contributed by atoms with Gasteiger partial charge in [0.1, 0.15) is 0 Å². The minimum absolute atomic E-state index is 0. The Morgan fingerprint density at radius 2 is 1.54 bits per heavy atom. The average Bonchev–Trinajstić information content (AvgIpc) is 2.91. The molecule has 154 valence electrons. The van der Waals surface area contributed by atoms with E-state index in [0.717, 1.165) is 64.2 Å². The van der Waals surface area contributed by atoms with Crippen molar-refractivity contribution in [2.75, 3.05) is 45.8 Å². The maximum atomic E-state index is 12.7. The summed E-state index contributed by atoms with van der Waals surface area (Å²) < 4.78 is 0. The van der Waals surface area contributed by atoms with Crippen molar-refractivity contribution in [1.82, 2.24) is 20.0 Å². The van der Waals surface area contributed by atoms with Gasteiger partial charge in [-0.3, -0.25) is 14.6 Å². The van der Waals surface area contributed by atoms with Crippen LogP contribution in [0.3, 0.4) is 0 Å². The minimum Gasteiger partial charge on any atom is -0.340 e. The topological polar surface area (TPSA) is 38.8 Å². The van der Waals surface area contributed by atoms with Crippen LogP contribution >= 0.6 is 24.8 Å². The number of carbonyl (C=O) groups excluding carboxylic acids is 1. The largest absolute Gasteiger partial charge is 0.340 e. The fourth-order valence-corrected chi connectivity index (χ4v) is 4.75. The Labute approximate surface area is 172 Å². The second-order valence-electron chi connectivity index (χ2n) is 8.26. The van der Waals surface area contributed by atoms with Crippen molar-refractivity contribution >= 4 is 30.7 Å². The third-order valence-electron chi connectivity index (χ3n) is 6.47. The zero-order chi connectivity index (χ0) is 17.1. The highest BCUT2D eigenvalue weighted by Gasteiger charge is 2.31. The fraction of sp³-hybridized carbons (Fsp3) is 0.947. The van der Waals surface area contributed by atoms with Gasteiger partial charge in [-0.05, 0) is 53.0 Å². The van der Waals surface area contributed by atoms with Gasteiger partial charge in [0.25, 0.3) is 0 Å². The van der Waals surface area contributed by atoms with E-state index in [1.54, 1.807) is 0 Å². The van der Waals surface area contributed by atoms with Crippen LogP contribution in [0.4, 0.5) is 0 Å². The van der Waals surface area contributed by atoms with Gasteiger partial charge in [0.2, 0.25) is 5.91 Å². The summed E-state index contributed by atoms with van der Waals surface area (Å²) in [5.74, 6) is 0.656. The summed E-state index contributed by atoms with van der Waals surface area (Å²) in [6.45, 7) is 14.2. The highest BCUT2D eigenvalue weighted by molar-refractivity contribution is 5.85. The summed E-state index contributed by atoms with van der Waals surface area (Å²) in [5, 5.41) is 3.44. The Morgan fingerprint density at radius 3 is 2.12 bits per heavy atom. The van der Waals surface area contributed by atoms with Gasteiger partial charge in [0, 0.05) is 63.3 Å². The lowest BCUT2D eigenvalue weighted by Gasteiger charge is -2.39. The maximum absolute atomic E-state index is 12.7. The molecule has 0 saturated carbocycles. The van der Waals surface area contributed by atoms with Crippen LogP contribution in [0.5, 0.6) is 0 Å². The molecule has 0 radical (unpaired) electrons. The average molecular weight is 409 g/mol. The number of rotatable bonds is 4. The first-order valence-electron chi connectivity index (χ1n) is 10.0. The summed E-state index contributed by atoms with van der Waals surface area (Å²) in [4.78, 5) is 20.1. The molecule has 26 heavy (non-hydrogen) atoms. The van der Waals surface area contributed by atoms with E-state index in [2.05, 4.69) is 40.8 Å². The van der Waals surface area contributed by atoms with Gasteiger partial charge in [0.05, 0.1) is 0 Å². The highest BCUT2D eigenvalue weighted by atomic mass is 35.5. The molecule has 0 aromatic carbocycles. The fourth-order valence-electron chi connectivity index (χ4n) is 4.75. The molecule has 3 rings (SSSR count). The van der Waals surface area contributed by atoms with E-state index >= 15 is 0 Å². The lowest BCUT2D eigenvalue weighted by atomic mass is 9.92. The number of amides is 1. The van der Waals surface area contributed by atoms with Crippen LogP contribution in [0, 0.1) is 5.92 Å². The normalized spacial score (nSPS) is 33.4. The molecule has 1 N–H and O–H groups in total. The monoisotopic (exact) mass is 408 g/mol. The van der Waals surface area contributed by atoms with E-state index in [-0.39, 0.29) is 30.7 Å². The van der Waals surface area contributed by atoms with E-state index in [0.29, 0.717) is 11.9 Å². The quantitative estimate of drug-likeness (QED) is 0.773. The Morgan fingerprint density at radius 1 is 0.923 bits per heavy atom. The number of nitrogens with zero attached hydrogens (tertiary/aromatic N) is 3. The lowest BCUT2D eigenvalue weighted by molar-refractivity contribution is -0.138. The summed E-state index contributed by atoms with van der Waals surface area (Å²) in [6.07, 6.45) is 4.70. The molecule has 0 aliphatic carbocycles. The number of halogens is 2. The molecule has 3 fully saturated rings. The third-order valence-corrected chi connectivity index (χ3v) is 6.47. The summed E-state index contributed by atoms with van der Waals surface area (Å²) in [6, 6.07) is 1.97. The van der Waals surface area contributed by atoms with Crippen molar-refractivity contribution in [1.29, 1.82) is 0 Å². The van der Waals surface area contributed by atoms with Crippen molar-refractivity contribution < 1.29 is 4.79 Å². The summed E-state index contributed by atoms with van der Waals surface area (Å²) in [5.41, 5.74) is 0. The van der Waals surface area contributed by atoms with Crippen molar-refractivity contribution in [3.63, 3.8) is 0 Å². The van der Waals surface area contributed by atoms with E-state index in [1.165, 1.54) is 19.4 Å². The minimum atomic E-state index is 0. The van der Waals surface area contributed by atoms with Crippen molar-refractivity contribution in [2.24, 2.45) is 5.92 Å². The SMILES string of the molecule is CC1CCC(C)N1CCN1CCN(C(=O)[C@H]2CCN[C@@H](C)C2)CC1.Cl.Cl. The van der Waals surface area contributed by atoms with E-state index in [4.69, 9.17) is 0 Å². The number of carbonyl (C=O) groups is 1. The number of nitrogens with one attached hydrogen (secondary N) is 1. The smallest absolute Gasteiger partial charge is 0.225 e. The molecule has 0 aromatic heterocycles. The number of piperidine rings is 1. The molecule has 3 aliphatic heterocycles. The van der Waals surface area contributed by atoms with Gasteiger partial charge in [-0.2, -0.15) is 0 Å². The number of hydrogen-bond acceptors (Lipinski definition) is 4. The molecule has 0 spiro atoms. The Balaban J connectivity index is 0.00000169. The van der Waals surface area contributed by atoms with E-state index in [1.807, 2.05) is 0 Å². The van der Waals surface area contributed by atoms with E-state index in [9.17, 15) is 4.79 Å². The first kappa shape index (κ1) is 24.0. The molecule has 4 atom stereocenters. The molecule has 5 nitrogen and oxygen atoms in total. The summed E-state index contributed by atoms with van der Waals surface area (Å²) >= 11 is 0. The molecule has 0 aromatic rings. The Bertz CT molecular complexity index is 422. The van der Waals surface area contributed by atoms with Crippen molar-refractivity contribution in [2.45, 2.75) is 64.6 Å². The van der Waals surface area contributed by atoms with Gasteiger partial charge in [-0.15, -0.1) is 24.8 Å². The third kappa shape index (κ3) is 5.96. The number of likely N-dealkylation sites (tertiary alicyclic amines) is 1. The lowest BCUT2D eigenvalue weighted by Crippen LogP contribution is -2.53. The van der Waals surface area contributed by atoms with Crippen molar-refractivity contribution in [3.8, 4) is 0 Å². The Kier molecular flexibility index (Phi) is 10.2. The molecule has 7 heteroatoms. The van der Waals surface area contributed by atoms with Crippen LogP contribution in [-0.4, -0.2) is 84.5 Å². The Hall–Kier alpha value is -0.0700. The molecular weight excluding hydrogens is 371 g/mol. The summed E-state index contributed by atoms with van der Waals surface area (Å²) in [7, 11) is 0. The highest BCUT2D eigenvalue weighted by Crippen LogP contribution is 2.23. The van der Waals surface area contributed by atoms with Crippen LogP contribution < -0.4 is 5.32 Å². The van der Waals surface area contributed by atoms with Crippen LogP contribution in [-0.2, 0) is 4.79 Å². The maximum Gasteiger partial charge on any atom is 0.225 e. The molecule has 3 saturated heterocycles. The van der Waals surface area contributed by atoms with Crippen LogP contribution in [0.15, 0.2) is 0 Å². The second-order valence-corrected chi connectivity index (χ2v) is 8.26. The molecule has 1 amide bonds. The standard InChI is InChI=1S/C19H36N4O.2ClH/c1-15-14-18(6-7-20-15)19(24)22-11-8-21(9-12-22)10-13-23-16(2)4-5-17(23)3;;/h15-18,20H,4-14H2,1-3H3;2*1H/t15-,16?,17?,18-;;/m0../s1. The van der Waals surface area contributed by atoms with Crippen LogP contribution in [0.2, 0.25) is 0 Å². The second kappa shape index (κ2) is 11.1. The zero-order valence-electron chi connectivity index (χ0n) is 16.7. The van der Waals surface area contributed by atoms with Gasteiger partial charge < -0.3 is 10.2 Å². The van der Waals surface area contributed by atoms with Gasteiger partial charge >= 0.3 is 0 Å². The molecule has 0 bridgehead atoms. The molecule has 3 heterocycles. The van der Waals surface area contributed by atoms with Gasteiger partial charge in [-0.25, -0.2) is 0 Å².